The molecule has 4 heterocycles. The summed E-state index contributed by atoms with van der Waals surface area (Å²) >= 11 is 0. The standard InChI is InChI=1S/C12H23N4/c1-12-11-13-3-4-14(12)5-6-15(12)8-10-16(11,2)9-7-13/h11H,3-10H2,1-2H3/q+1/t11-,12+,16?/m0/s1. The van der Waals surface area contributed by atoms with Gasteiger partial charge < -0.3 is 4.48 Å². The first-order chi connectivity index (χ1) is 7.64. The smallest absolute Gasteiger partial charge is 0.177 e. The minimum atomic E-state index is 0.335. The molecule has 1 unspecified atom stereocenters. The van der Waals surface area contributed by atoms with Crippen LogP contribution in [0.25, 0.3) is 0 Å². The van der Waals surface area contributed by atoms with E-state index in [0.717, 1.165) is 6.17 Å². The van der Waals surface area contributed by atoms with E-state index >= 15 is 0 Å². The van der Waals surface area contributed by atoms with Crippen LogP contribution in [-0.4, -0.2) is 90.4 Å². The first-order valence-electron chi connectivity index (χ1n) is 6.73. The van der Waals surface area contributed by atoms with Crippen LogP contribution < -0.4 is 0 Å². The molecule has 0 saturated carbocycles. The minimum Gasteiger partial charge on any atom is -0.306 e. The molecule has 4 fully saturated rings. The molecule has 0 spiro atoms. The fourth-order valence-corrected chi connectivity index (χ4v) is 4.90. The van der Waals surface area contributed by atoms with Gasteiger partial charge in [0, 0.05) is 32.7 Å². The number of piperazine rings is 2. The lowest BCUT2D eigenvalue weighted by Gasteiger charge is -2.58. The van der Waals surface area contributed by atoms with Crippen molar-refractivity contribution in [2.45, 2.75) is 18.8 Å². The zero-order valence-electron chi connectivity index (χ0n) is 10.5. The van der Waals surface area contributed by atoms with Gasteiger partial charge in [-0.05, 0) is 6.92 Å². The molecule has 16 heavy (non-hydrogen) atoms. The zero-order chi connectivity index (χ0) is 11.0. The van der Waals surface area contributed by atoms with Crippen LogP contribution in [0.4, 0.5) is 0 Å². The van der Waals surface area contributed by atoms with E-state index in [1.807, 2.05) is 0 Å². The molecule has 0 radical (unpaired) electrons. The third-order valence-electron chi connectivity index (χ3n) is 5.78. The molecule has 90 valence electrons. The van der Waals surface area contributed by atoms with Crippen LogP contribution in [0.3, 0.4) is 0 Å². The molecule has 0 aromatic rings. The van der Waals surface area contributed by atoms with E-state index in [0.29, 0.717) is 5.66 Å². The van der Waals surface area contributed by atoms with E-state index in [1.165, 1.54) is 56.8 Å². The van der Waals surface area contributed by atoms with Gasteiger partial charge in [0.15, 0.2) is 6.17 Å². The largest absolute Gasteiger partial charge is 0.306 e. The number of hydrogen-bond donors (Lipinski definition) is 0. The van der Waals surface area contributed by atoms with Crippen LogP contribution in [0.2, 0.25) is 0 Å². The second-order valence-electron chi connectivity index (χ2n) is 6.40. The molecular weight excluding hydrogens is 200 g/mol. The summed E-state index contributed by atoms with van der Waals surface area (Å²) in [5, 5.41) is 0. The maximum Gasteiger partial charge on any atom is 0.177 e. The Morgan fingerprint density at radius 3 is 2.38 bits per heavy atom. The summed E-state index contributed by atoms with van der Waals surface area (Å²) in [7, 11) is 2.48. The molecule has 0 aliphatic carbocycles. The zero-order valence-corrected chi connectivity index (χ0v) is 10.5. The maximum atomic E-state index is 2.76. The van der Waals surface area contributed by atoms with Crippen molar-refractivity contribution in [3.05, 3.63) is 0 Å². The van der Waals surface area contributed by atoms with Crippen LogP contribution in [0.1, 0.15) is 6.92 Å². The molecule has 0 aromatic carbocycles. The highest BCUT2D eigenvalue weighted by atomic mass is 15.7. The summed E-state index contributed by atoms with van der Waals surface area (Å²) in [6, 6.07) is 0. The lowest BCUT2D eigenvalue weighted by Crippen LogP contribution is -2.78. The molecule has 0 aromatic heterocycles. The third kappa shape index (κ3) is 0.919. The Morgan fingerprint density at radius 1 is 0.938 bits per heavy atom. The average molecular weight is 223 g/mol. The molecule has 4 rings (SSSR count). The molecule has 0 amide bonds. The van der Waals surface area contributed by atoms with Crippen molar-refractivity contribution in [1.29, 1.82) is 0 Å². The molecule has 0 bridgehead atoms. The molecule has 4 aliphatic rings. The molecule has 4 aliphatic heterocycles. The molecule has 4 saturated heterocycles. The Morgan fingerprint density at radius 2 is 1.56 bits per heavy atom. The number of nitrogens with zero attached hydrogens (tertiary/aromatic N) is 4. The van der Waals surface area contributed by atoms with E-state index in [2.05, 4.69) is 28.7 Å². The van der Waals surface area contributed by atoms with Gasteiger partial charge in [-0.25, -0.2) is 4.90 Å². The van der Waals surface area contributed by atoms with Crippen molar-refractivity contribution < 1.29 is 4.48 Å². The van der Waals surface area contributed by atoms with Gasteiger partial charge in [0.1, 0.15) is 5.66 Å². The maximum absolute atomic E-state index is 2.76. The summed E-state index contributed by atoms with van der Waals surface area (Å²) in [5.74, 6) is 0. The normalized spacial score (nSPS) is 53.2. The van der Waals surface area contributed by atoms with E-state index in [9.17, 15) is 0 Å². The first kappa shape index (κ1) is 9.83. The average Bonchev–Trinajstić information content (AvgIpc) is 2.74. The summed E-state index contributed by atoms with van der Waals surface area (Å²) in [6.07, 6.45) is 0.734. The summed E-state index contributed by atoms with van der Waals surface area (Å²) in [6.45, 7) is 13.0. The van der Waals surface area contributed by atoms with Gasteiger partial charge in [0.25, 0.3) is 0 Å². The van der Waals surface area contributed by atoms with Crippen molar-refractivity contribution in [3.8, 4) is 0 Å². The summed E-state index contributed by atoms with van der Waals surface area (Å²) in [5.41, 5.74) is 0.335. The van der Waals surface area contributed by atoms with Crippen LogP contribution in [0.15, 0.2) is 0 Å². The van der Waals surface area contributed by atoms with Gasteiger partial charge in [0.05, 0.1) is 26.7 Å². The van der Waals surface area contributed by atoms with Crippen molar-refractivity contribution >= 4 is 0 Å². The Labute approximate surface area is 98.0 Å². The van der Waals surface area contributed by atoms with Crippen LogP contribution in [0, 0.1) is 0 Å². The van der Waals surface area contributed by atoms with Crippen molar-refractivity contribution in [2.24, 2.45) is 0 Å². The van der Waals surface area contributed by atoms with Gasteiger partial charge in [-0.1, -0.05) is 0 Å². The predicted molar refractivity (Wildman–Crippen MR) is 62.8 cm³/mol. The van der Waals surface area contributed by atoms with Crippen LogP contribution in [0.5, 0.6) is 0 Å². The number of hydrogen-bond acceptors (Lipinski definition) is 3. The number of rotatable bonds is 0. The highest BCUT2D eigenvalue weighted by Gasteiger charge is 2.65. The van der Waals surface area contributed by atoms with Crippen molar-refractivity contribution in [3.63, 3.8) is 0 Å². The highest BCUT2D eigenvalue weighted by Crippen LogP contribution is 2.44. The molecule has 0 N–H and O–H groups in total. The predicted octanol–water partition coefficient (Wildman–Crippen LogP) is -0.564. The lowest BCUT2D eigenvalue weighted by atomic mass is 9.98. The van der Waals surface area contributed by atoms with Crippen molar-refractivity contribution in [2.75, 3.05) is 59.4 Å². The summed E-state index contributed by atoms with van der Waals surface area (Å²) in [4.78, 5) is 8.25. The Balaban J connectivity index is 1.84. The van der Waals surface area contributed by atoms with Crippen molar-refractivity contribution in [1.82, 2.24) is 14.7 Å². The van der Waals surface area contributed by atoms with Crippen LogP contribution in [-0.2, 0) is 0 Å². The van der Waals surface area contributed by atoms with Gasteiger partial charge in [-0.3, -0.25) is 9.80 Å². The van der Waals surface area contributed by atoms with Crippen LogP contribution >= 0.6 is 0 Å². The second kappa shape index (κ2) is 2.80. The van der Waals surface area contributed by atoms with Gasteiger partial charge in [0.2, 0.25) is 0 Å². The Hall–Kier alpha value is -0.160. The molecule has 3 atom stereocenters. The Bertz CT molecular complexity index is 325. The van der Waals surface area contributed by atoms with E-state index in [4.69, 9.17) is 0 Å². The van der Waals surface area contributed by atoms with Gasteiger partial charge in [-0.15, -0.1) is 0 Å². The monoisotopic (exact) mass is 223 g/mol. The minimum absolute atomic E-state index is 0.335. The third-order valence-corrected chi connectivity index (χ3v) is 5.78. The first-order valence-corrected chi connectivity index (χ1v) is 6.73. The van der Waals surface area contributed by atoms with E-state index < -0.39 is 0 Å². The topological polar surface area (TPSA) is 9.72 Å². The van der Waals surface area contributed by atoms with Gasteiger partial charge in [-0.2, -0.15) is 0 Å². The number of likely N-dealkylation sites (N-methyl/N-ethyl adjacent to an activating group) is 1. The number of quaternary nitrogens is 1. The quantitative estimate of drug-likeness (QED) is 0.510. The lowest BCUT2D eigenvalue weighted by molar-refractivity contribution is -0.940. The highest BCUT2D eigenvalue weighted by molar-refractivity contribution is 5.05. The molecular formula is C12H23N4+. The Kier molecular flexibility index (Phi) is 1.72. The SMILES string of the molecule is C[C@@]12[C@H]3N4CCN1CCN2CC[N+]3(C)CC4. The van der Waals surface area contributed by atoms with E-state index in [1.54, 1.807) is 0 Å². The fourth-order valence-electron chi connectivity index (χ4n) is 4.90. The van der Waals surface area contributed by atoms with E-state index in [-0.39, 0.29) is 0 Å². The molecule has 4 heteroatoms. The summed E-state index contributed by atoms with van der Waals surface area (Å²) < 4.78 is 1.30. The van der Waals surface area contributed by atoms with Gasteiger partial charge >= 0.3 is 0 Å². The second-order valence-corrected chi connectivity index (χ2v) is 6.40. The molecule has 4 nitrogen and oxygen atoms in total. The fraction of sp³-hybridized carbons (Fsp3) is 1.00.